The van der Waals surface area contributed by atoms with Crippen LogP contribution in [0.2, 0.25) is 0 Å². The lowest BCUT2D eigenvalue weighted by atomic mass is 9.94. The second-order valence-corrected chi connectivity index (χ2v) is 10.1. The van der Waals surface area contributed by atoms with Crippen molar-refractivity contribution in [3.63, 3.8) is 0 Å². The molecule has 1 aliphatic heterocycles. The SMILES string of the molecule is Cc1ccc(-n2c(-c3ccc(F)cc3)cc(C(=O)N3CCN(C(=O)C(C)(C)CCl)CC3)c2C)cc1. The molecule has 0 unspecified atom stereocenters. The van der Waals surface area contributed by atoms with Gasteiger partial charge in [0.05, 0.1) is 16.7 Å². The highest BCUT2D eigenvalue weighted by Gasteiger charge is 2.34. The highest BCUT2D eigenvalue weighted by molar-refractivity contribution is 6.19. The van der Waals surface area contributed by atoms with Crippen LogP contribution < -0.4 is 0 Å². The summed E-state index contributed by atoms with van der Waals surface area (Å²) in [6.45, 7) is 9.53. The Hall–Kier alpha value is -3.12. The van der Waals surface area contributed by atoms with Crippen molar-refractivity contribution >= 4 is 23.4 Å². The second-order valence-electron chi connectivity index (χ2n) is 9.81. The monoisotopic (exact) mass is 495 g/mol. The summed E-state index contributed by atoms with van der Waals surface area (Å²) in [5.41, 5.74) is 4.53. The molecule has 0 bridgehead atoms. The van der Waals surface area contributed by atoms with E-state index in [9.17, 15) is 14.0 Å². The number of alkyl halides is 1. The molecule has 2 heterocycles. The van der Waals surface area contributed by atoms with Crippen molar-refractivity contribution in [2.24, 2.45) is 5.41 Å². The second kappa shape index (κ2) is 9.86. The Balaban J connectivity index is 1.64. The lowest BCUT2D eigenvalue weighted by Gasteiger charge is -2.38. The van der Waals surface area contributed by atoms with Gasteiger partial charge >= 0.3 is 0 Å². The summed E-state index contributed by atoms with van der Waals surface area (Å²) in [7, 11) is 0. The lowest BCUT2D eigenvalue weighted by molar-refractivity contribution is -0.140. The lowest BCUT2D eigenvalue weighted by Crippen LogP contribution is -2.53. The summed E-state index contributed by atoms with van der Waals surface area (Å²) in [4.78, 5) is 30.0. The summed E-state index contributed by atoms with van der Waals surface area (Å²) in [6.07, 6.45) is 0. The Morgan fingerprint density at radius 2 is 1.49 bits per heavy atom. The highest BCUT2D eigenvalue weighted by Crippen LogP contribution is 2.31. The molecule has 0 spiro atoms. The Morgan fingerprint density at radius 1 is 0.914 bits per heavy atom. The molecular weight excluding hydrogens is 465 g/mol. The molecule has 0 radical (unpaired) electrons. The average molecular weight is 496 g/mol. The third kappa shape index (κ3) is 4.98. The average Bonchev–Trinajstić information content (AvgIpc) is 3.21. The number of nitrogens with zero attached hydrogens (tertiary/aromatic N) is 3. The number of piperazine rings is 1. The maximum atomic E-state index is 13.6. The number of aromatic nitrogens is 1. The van der Waals surface area contributed by atoms with E-state index in [1.54, 1.807) is 21.9 Å². The molecule has 5 nitrogen and oxygen atoms in total. The van der Waals surface area contributed by atoms with Crippen molar-refractivity contribution in [2.45, 2.75) is 27.7 Å². The molecule has 2 aromatic carbocycles. The molecule has 2 amide bonds. The first-order valence-electron chi connectivity index (χ1n) is 11.8. The molecule has 35 heavy (non-hydrogen) atoms. The van der Waals surface area contributed by atoms with Crippen LogP contribution in [0.4, 0.5) is 4.39 Å². The zero-order valence-corrected chi connectivity index (χ0v) is 21.4. The third-order valence-corrected chi connectivity index (χ3v) is 7.35. The van der Waals surface area contributed by atoms with Crippen LogP contribution in [0.25, 0.3) is 16.9 Å². The van der Waals surface area contributed by atoms with Crippen LogP contribution in [-0.2, 0) is 4.79 Å². The largest absolute Gasteiger partial charge is 0.339 e. The number of benzene rings is 2. The van der Waals surface area contributed by atoms with E-state index < -0.39 is 5.41 Å². The summed E-state index contributed by atoms with van der Waals surface area (Å²) in [5, 5.41) is 0. The van der Waals surface area contributed by atoms with Crippen LogP contribution in [0.15, 0.2) is 54.6 Å². The van der Waals surface area contributed by atoms with Gasteiger partial charge in [0, 0.05) is 43.4 Å². The number of hydrogen-bond donors (Lipinski definition) is 0. The number of aryl methyl sites for hydroxylation is 1. The summed E-state index contributed by atoms with van der Waals surface area (Å²) in [5.74, 6) is -0.108. The van der Waals surface area contributed by atoms with Gasteiger partial charge < -0.3 is 14.4 Å². The van der Waals surface area contributed by atoms with Gasteiger partial charge in [-0.15, -0.1) is 11.6 Å². The number of hydrogen-bond acceptors (Lipinski definition) is 2. The maximum absolute atomic E-state index is 13.6. The van der Waals surface area contributed by atoms with Crippen molar-refractivity contribution in [3.05, 3.63) is 77.2 Å². The van der Waals surface area contributed by atoms with E-state index in [4.69, 9.17) is 11.6 Å². The van der Waals surface area contributed by atoms with Crippen molar-refractivity contribution in [3.8, 4) is 16.9 Å². The van der Waals surface area contributed by atoms with E-state index in [1.807, 2.05) is 62.6 Å². The van der Waals surface area contributed by atoms with Crippen LogP contribution in [-0.4, -0.2) is 58.2 Å². The van der Waals surface area contributed by atoms with Gasteiger partial charge in [-0.1, -0.05) is 17.7 Å². The predicted octanol–water partition coefficient (Wildman–Crippen LogP) is 5.45. The fraction of sp³-hybridized carbons (Fsp3) is 0.357. The minimum Gasteiger partial charge on any atom is -0.339 e. The molecule has 4 rings (SSSR count). The van der Waals surface area contributed by atoms with Crippen molar-refractivity contribution in [1.82, 2.24) is 14.4 Å². The molecule has 3 aromatic rings. The van der Waals surface area contributed by atoms with Crippen LogP contribution in [0.5, 0.6) is 0 Å². The van der Waals surface area contributed by atoms with Gasteiger partial charge in [0.2, 0.25) is 5.91 Å². The normalized spacial score (nSPS) is 14.3. The molecule has 1 fully saturated rings. The number of carbonyl (C=O) groups excluding carboxylic acids is 2. The fourth-order valence-corrected chi connectivity index (χ4v) is 4.57. The molecule has 0 aliphatic carbocycles. The van der Waals surface area contributed by atoms with Crippen molar-refractivity contribution in [1.29, 1.82) is 0 Å². The van der Waals surface area contributed by atoms with Crippen LogP contribution in [0.1, 0.15) is 35.5 Å². The quantitative estimate of drug-likeness (QED) is 0.442. The molecule has 1 saturated heterocycles. The minimum absolute atomic E-state index is 0.0138. The zero-order valence-electron chi connectivity index (χ0n) is 20.6. The molecule has 1 aromatic heterocycles. The zero-order chi connectivity index (χ0) is 25.3. The number of rotatable bonds is 5. The van der Waals surface area contributed by atoms with E-state index in [-0.39, 0.29) is 23.5 Å². The topological polar surface area (TPSA) is 45.6 Å². The minimum atomic E-state index is -0.625. The fourth-order valence-electron chi connectivity index (χ4n) is 4.45. The Bertz CT molecular complexity index is 1220. The van der Waals surface area contributed by atoms with E-state index in [1.165, 1.54) is 12.1 Å². The first-order chi connectivity index (χ1) is 16.6. The Morgan fingerprint density at radius 3 is 2.06 bits per heavy atom. The molecule has 0 atom stereocenters. The maximum Gasteiger partial charge on any atom is 0.255 e. The van der Waals surface area contributed by atoms with Gasteiger partial charge in [-0.25, -0.2) is 4.39 Å². The van der Waals surface area contributed by atoms with Gasteiger partial charge in [0.25, 0.3) is 5.91 Å². The molecule has 7 heteroatoms. The van der Waals surface area contributed by atoms with E-state index in [0.29, 0.717) is 31.7 Å². The summed E-state index contributed by atoms with van der Waals surface area (Å²) in [6, 6.07) is 16.3. The summed E-state index contributed by atoms with van der Waals surface area (Å²) < 4.78 is 15.7. The molecule has 184 valence electrons. The predicted molar refractivity (Wildman–Crippen MR) is 138 cm³/mol. The third-order valence-electron chi connectivity index (χ3n) is 6.68. The Labute approximate surface area is 211 Å². The van der Waals surface area contributed by atoms with Gasteiger partial charge in [-0.05, 0) is 75.7 Å². The first-order valence-corrected chi connectivity index (χ1v) is 12.4. The molecule has 1 aliphatic rings. The van der Waals surface area contributed by atoms with Gasteiger partial charge in [-0.3, -0.25) is 9.59 Å². The van der Waals surface area contributed by atoms with Gasteiger partial charge in [0.1, 0.15) is 5.82 Å². The molecule has 0 saturated carbocycles. The van der Waals surface area contributed by atoms with Crippen molar-refractivity contribution < 1.29 is 14.0 Å². The highest BCUT2D eigenvalue weighted by atomic mass is 35.5. The number of amides is 2. The smallest absolute Gasteiger partial charge is 0.255 e. The van der Waals surface area contributed by atoms with Gasteiger partial charge in [0.15, 0.2) is 0 Å². The van der Waals surface area contributed by atoms with Crippen LogP contribution in [0, 0.1) is 25.1 Å². The molecule has 0 N–H and O–H groups in total. The standard InChI is InChI=1S/C28H31ClFN3O2/c1-19-5-11-23(12-6-19)33-20(2)24(17-25(33)21-7-9-22(30)10-8-21)26(34)31-13-15-32(16-14-31)27(35)28(3,4)18-29/h5-12,17H,13-16,18H2,1-4H3. The van der Waals surface area contributed by atoms with Gasteiger partial charge in [-0.2, -0.15) is 0 Å². The van der Waals surface area contributed by atoms with E-state index >= 15 is 0 Å². The van der Waals surface area contributed by atoms with Crippen molar-refractivity contribution in [2.75, 3.05) is 32.1 Å². The van der Waals surface area contributed by atoms with E-state index in [2.05, 4.69) is 0 Å². The summed E-state index contributed by atoms with van der Waals surface area (Å²) >= 11 is 5.98. The molecular formula is C28H31ClFN3O2. The first kappa shape index (κ1) is 25.0. The Kier molecular flexibility index (Phi) is 7.04. The van der Waals surface area contributed by atoms with Crippen LogP contribution in [0.3, 0.4) is 0 Å². The van der Waals surface area contributed by atoms with Crippen LogP contribution >= 0.6 is 11.6 Å². The van der Waals surface area contributed by atoms with E-state index in [0.717, 1.165) is 28.2 Å². The number of carbonyl (C=O) groups is 2. The number of halogens is 2.